The standard InChI is InChI=1S/C13H20ClN3O2/c1-4-17(8(2)7-19-3)12-10(13(16)18)5-9(15)6-11(12)14/h5-6,8H,4,7,15H2,1-3H3,(H2,16,18). The van der Waals surface area contributed by atoms with E-state index >= 15 is 0 Å². The highest BCUT2D eigenvalue weighted by Crippen LogP contribution is 2.33. The summed E-state index contributed by atoms with van der Waals surface area (Å²) in [5.74, 6) is -0.549. The smallest absolute Gasteiger partial charge is 0.250 e. The molecule has 0 bridgehead atoms. The van der Waals surface area contributed by atoms with E-state index in [0.29, 0.717) is 35.1 Å². The van der Waals surface area contributed by atoms with Crippen LogP contribution in [0.1, 0.15) is 24.2 Å². The number of amides is 1. The Bertz CT molecular complexity index is 465. The van der Waals surface area contributed by atoms with Crippen molar-refractivity contribution < 1.29 is 9.53 Å². The number of methoxy groups -OCH3 is 1. The van der Waals surface area contributed by atoms with Crippen LogP contribution in [0.4, 0.5) is 11.4 Å². The van der Waals surface area contributed by atoms with Gasteiger partial charge in [0.15, 0.2) is 0 Å². The molecule has 5 nitrogen and oxygen atoms in total. The molecular weight excluding hydrogens is 266 g/mol. The number of ether oxygens (including phenoxy) is 1. The lowest BCUT2D eigenvalue weighted by Crippen LogP contribution is -2.37. The molecule has 19 heavy (non-hydrogen) atoms. The third kappa shape index (κ3) is 3.52. The van der Waals surface area contributed by atoms with Crippen molar-refractivity contribution in [3.8, 4) is 0 Å². The summed E-state index contributed by atoms with van der Waals surface area (Å²) in [5, 5.41) is 0.415. The number of nitrogens with zero attached hydrogens (tertiary/aromatic N) is 1. The summed E-state index contributed by atoms with van der Waals surface area (Å²) >= 11 is 6.23. The molecule has 0 saturated carbocycles. The Kier molecular flexibility index (Phi) is 5.44. The van der Waals surface area contributed by atoms with Crippen LogP contribution < -0.4 is 16.4 Å². The summed E-state index contributed by atoms with van der Waals surface area (Å²) in [6, 6.07) is 3.23. The highest BCUT2D eigenvalue weighted by Gasteiger charge is 2.22. The molecule has 1 atom stereocenters. The van der Waals surface area contributed by atoms with Crippen molar-refractivity contribution in [2.24, 2.45) is 5.73 Å². The van der Waals surface area contributed by atoms with Gasteiger partial charge in [-0.15, -0.1) is 0 Å². The molecule has 0 saturated heterocycles. The molecule has 0 spiro atoms. The van der Waals surface area contributed by atoms with Gasteiger partial charge < -0.3 is 21.1 Å². The third-order valence-corrected chi connectivity index (χ3v) is 3.21. The van der Waals surface area contributed by atoms with E-state index in [1.165, 1.54) is 0 Å². The van der Waals surface area contributed by atoms with Crippen LogP contribution in [0.15, 0.2) is 12.1 Å². The quantitative estimate of drug-likeness (QED) is 0.782. The maximum atomic E-state index is 11.6. The average molecular weight is 286 g/mol. The summed E-state index contributed by atoms with van der Waals surface area (Å²) < 4.78 is 5.15. The molecule has 0 aliphatic rings. The molecule has 0 heterocycles. The van der Waals surface area contributed by atoms with Crippen molar-refractivity contribution in [3.63, 3.8) is 0 Å². The first-order chi connectivity index (χ1) is 8.92. The first-order valence-corrected chi connectivity index (χ1v) is 6.44. The van der Waals surface area contributed by atoms with E-state index in [4.69, 9.17) is 27.8 Å². The normalized spacial score (nSPS) is 12.2. The van der Waals surface area contributed by atoms with Crippen LogP contribution in [0.3, 0.4) is 0 Å². The molecular formula is C13H20ClN3O2. The van der Waals surface area contributed by atoms with Crippen molar-refractivity contribution in [3.05, 3.63) is 22.7 Å². The highest BCUT2D eigenvalue weighted by atomic mass is 35.5. The van der Waals surface area contributed by atoms with Crippen LogP contribution in [0.2, 0.25) is 5.02 Å². The Hall–Kier alpha value is -1.46. The molecule has 6 heteroatoms. The van der Waals surface area contributed by atoms with E-state index in [0.717, 1.165) is 0 Å². The fraction of sp³-hybridized carbons (Fsp3) is 0.462. The number of primary amides is 1. The molecule has 1 aromatic carbocycles. The van der Waals surface area contributed by atoms with Gasteiger partial charge in [-0.25, -0.2) is 0 Å². The third-order valence-electron chi connectivity index (χ3n) is 2.92. The minimum Gasteiger partial charge on any atom is -0.399 e. The van der Waals surface area contributed by atoms with Gasteiger partial charge in [0.05, 0.1) is 22.9 Å². The Labute approximate surface area is 118 Å². The van der Waals surface area contributed by atoms with Gasteiger partial charge in [-0.2, -0.15) is 0 Å². The van der Waals surface area contributed by atoms with E-state index in [2.05, 4.69) is 0 Å². The molecule has 0 aliphatic carbocycles. The molecule has 0 radical (unpaired) electrons. The summed E-state index contributed by atoms with van der Waals surface area (Å²) in [6.07, 6.45) is 0. The fourth-order valence-electron chi connectivity index (χ4n) is 2.12. The van der Waals surface area contributed by atoms with Crippen LogP contribution in [0.25, 0.3) is 0 Å². The lowest BCUT2D eigenvalue weighted by Gasteiger charge is -2.32. The monoisotopic (exact) mass is 285 g/mol. The number of hydrogen-bond donors (Lipinski definition) is 2. The molecule has 0 aromatic heterocycles. The summed E-state index contributed by atoms with van der Waals surface area (Å²) in [4.78, 5) is 13.6. The number of nitrogens with two attached hydrogens (primary N) is 2. The van der Waals surface area contributed by atoms with Gasteiger partial charge in [-0.05, 0) is 26.0 Å². The van der Waals surface area contributed by atoms with E-state index in [1.54, 1.807) is 19.2 Å². The highest BCUT2D eigenvalue weighted by molar-refractivity contribution is 6.34. The Morgan fingerprint density at radius 3 is 2.63 bits per heavy atom. The molecule has 1 amide bonds. The number of benzene rings is 1. The van der Waals surface area contributed by atoms with E-state index in [9.17, 15) is 4.79 Å². The molecule has 1 rings (SSSR count). The van der Waals surface area contributed by atoms with Crippen molar-refractivity contribution in [2.45, 2.75) is 19.9 Å². The van der Waals surface area contributed by atoms with Crippen molar-refractivity contribution >= 4 is 28.9 Å². The van der Waals surface area contributed by atoms with Gasteiger partial charge in [0, 0.05) is 25.4 Å². The van der Waals surface area contributed by atoms with Crippen molar-refractivity contribution in [1.29, 1.82) is 0 Å². The maximum Gasteiger partial charge on any atom is 0.250 e. The minimum absolute atomic E-state index is 0.0641. The predicted molar refractivity (Wildman–Crippen MR) is 78.7 cm³/mol. The molecule has 1 aromatic rings. The zero-order valence-corrected chi connectivity index (χ0v) is 12.2. The van der Waals surface area contributed by atoms with Crippen LogP contribution in [-0.4, -0.2) is 32.2 Å². The predicted octanol–water partition coefficient (Wildman–Crippen LogP) is 1.88. The molecule has 1 unspecified atom stereocenters. The van der Waals surface area contributed by atoms with Crippen LogP contribution in [-0.2, 0) is 4.74 Å². The first-order valence-electron chi connectivity index (χ1n) is 6.06. The Balaban J connectivity index is 3.33. The lowest BCUT2D eigenvalue weighted by atomic mass is 10.1. The van der Waals surface area contributed by atoms with Crippen LogP contribution in [0, 0.1) is 0 Å². The number of anilines is 2. The SMILES string of the molecule is CCN(c1c(Cl)cc(N)cc1C(N)=O)C(C)COC. The van der Waals surface area contributed by atoms with Gasteiger partial charge in [0.25, 0.3) is 5.91 Å². The zero-order chi connectivity index (χ0) is 14.6. The topological polar surface area (TPSA) is 81.6 Å². The van der Waals surface area contributed by atoms with E-state index < -0.39 is 5.91 Å². The first kappa shape index (κ1) is 15.6. The van der Waals surface area contributed by atoms with Gasteiger partial charge in [0.1, 0.15) is 0 Å². The number of likely N-dealkylation sites (N-methyl/N-ethyl adjacent to an activating group) is 1. The summed E-state index contributed by atoms with van der Waals surface area (Å²) in [6.45, 7) is 5.16. The lowest BCUT2D eigenvalue weighted by molar-refractivity contribution is 0.100. The van der Waals surface area contributed by atoms with Gasteiger partial charge in [-0.1, -0.05) is 11.6 Å². The van der Waals surface area contributed by atoms with E-state index in [1.807, 2.05) is 18.7 Å². The fourth-order valence-corrected chi connectivity index (χ4v) is 2.46. The van der Waals surface area contributed by atoms with Crippen molar-refractivity contribution in [2.75, 3.05) is 30.9 Å². The number of halogens is 1. The molecule has 0 fully saturated rings. The maximum absolute atomic E-state index is 11.6. The van der Waals surface area contributed by atoms with Gasteiger partial charge >= 0.3 is 0 Å². The summed E-state index contributed by atoms with van der Waals surface area (Å²) in [7, 11) is 1.63. The van der Waals surface area contributed by atoms with Crippen LogP contribution in [0.5, 0.6) is 0 Å². The second-order valence-corrected chi connectivity index (χ2v) is 4.76. The molecule has 4 N–H and O–H groups in total. The largest absolute Gasteiger partial charge is 0.399 e. The van der Waals surface area contributed by atoms with Gasteiger partial charge in [0.2, 0.25) is 0 Å². The number of rotatable bonds is 6. The van der Waals surface area contributed by atoms with Gasteiger partial charge in [-0.3, -0.25) is 4.79 Å². The van der Waals surface area contributed by atoms with E-state index in [-0.39, 0.29) is 6.04 Å². The second-order valence-electron chi connectivity index (χ2n) is 4.35. The number of nitrogen functional groups attached to an aromatic ring is 1. The molecule has 0 aliphatic heterocycles. The number of hydrogen-bond acceptors (Lipinski definition) is 4. The van der Waals surface area contributed by atoms with Crippen molar-refractivity contribution in [1.82, 2.24) is 0 Å². The Morgan fingerprint density at radius 2 is 2.16 bits per heavy atom. The minimum atomic E-state index is -0.549. The van der Waals surface area contributed by atoms with Crippen LogP contribution >= 0.6 is 11.6 Å². The molecule has 106 valence electrons. The number of carbonyl (C=O) groups excluding carboxylic acids is 1. The number of carbonyl (C=O) groups is 1. The Morgan fingerprint density at radius 1 is 1.53 bits per heavy atom. The average Bonchev–Trinajstić information content (AvgIpc) is 2.32. The zero-order valence-electron chi connectivity index (χ0n) is 11.4. The summed E-state index contributed by atoms with van der Waals surface area (Å²) in [5.41, 5.74) is 12.5. The second kappa shape index (κ2) is 6.63.